The van der Waals surface area contributed by atoms with E-state index in [4.69, 9.17) is 11.6 Å². The first-order valence-corrected chi connectivity index (χ1v) is 14.7. The fourth-order valence-corrected chi connectivity index (χ4v) is 8.72. The minimum absolute atomic E-state index is 0.203. The lowest BCUT2D eigenvalue weighted by molar-refractivity contribution is 0.210. The van der Waals surface area contributed by atoms with Crippen LogP contribution in [-0.4, -0.2) is 35.7 Å². The average molecular weight is 481 g/mol. The first-order valence-electron chi connectivity index (χ1n) is 12.4. The van der Waals surface area contributed by atoms with Gasteiger partial charge in [0.2, 0.25) is 0 Å². The fourth-order valence-electron chi connectivity index (χ4n) is 6.23. The van der Waals surface area contributed by atoms with Crippen LogP contribution in [0.5, 0.6) is 0 Å². The zero-order valence-electron chi connectivity index (χ0n) is 19.8. The van der Waals surface area contributed by atoms with E-state index in [1.54, 1.807) is 0 Å². The lowest BCUT2D eigenvalue weighted by Crippen LogP contribution is -2.38. The third-order valence-corrected chi connectivity index (χ3v) is 11.4. The highest BCUT2D eigenvalue weighted by Crippen LogP contribution is 2.52. The van der Waals surface area contributed by atoms with Gasteiger partial charge >= 0.3 is 0 Å². The molecule has 0 aromatic heterocycles. The lowest BCUT2D eigenvalue weighted by atomic mass is 9.76. The van der Waals surface area contributed by atoms with Crippen molar-refractivity contribution in [2.24, 2.45) is 11.3 Å². The molecule has 2 heterocycles. The van der Waals surface area contributed by atoms with Crippen LogP contribution in [0, 0.1) is 11.3 Å². The Labute approximate surface area is 205 Å². The summed E-state index contributed by atoms with van der Waals surface area (Å²) in [4.78, 5) is 3.56. The zero-order valence-corrected chi connectivity index (χ0v) is 21.3. The molecule has 1 saturated carbocycles. The van der Waals surface area contributed by atoms with Gasteiger partial charge in [0, 0.05) is 41.3 Å². The van der Waals surface area contributed by atoms with E-state index in [0.29, 0.717) is 0 Å². The molecular formula is C29H37ClN2S. The van der Waals surface area contributed by atoms with Gasteiger partial charge in [-0.1, -0.05) is 79.9 Å². The van der Waals surface area contributed by atoms with E-state index >= 15 is 0 Å². The molecule has 0 bridgehead atoms. The number of hydrogen-bond donors (Lipinski definition) is 0. The van der Waals surface area contributed by atoms with E-state index in [2.05, 4.69) is 57.9 Å². The Morgan fingerprint density at radius 2 is 1.55 bits per heavy atom. The van der Waals surface area contributed by atoms with E-state index in [-0.39, 0.29) is 5.41 Å². The Morgan fingerprint density at radius 3 is 2.21 bits per heavy atom. The molecule has 1 aliphatic carbocycles. The van der Waals surface area contributed by atoms with Crippen molar-refractivity contribution >= 4 is 38.4 Å². The predicted molar refractivity (Wildman–Crippen MR) is 148 cm³/mol. The van der Waals surface area contributed by atoms with Crippen molar-refractivity contribution < 1.29 is 0 Å². The molecule has 2 nitrogen and oxygen atoms in total. The van der Waals surface area contributed by atoms with Gasteiger partial charge < -0.3 is 4.90 Å². The average Bonchev–Trinajstić information content (AvgIpc) is 3.44. The SMILES string of the molecule is C=C1N(c2ccc(CC3CCCC3)cc2)CCC12CCN(S(=C)(=C)c1ccccc1Cl)CC2. The van der Waals surface area contributed by atoms with Gasteiger partial charge in [-0.15, -0.1) is 9.39 Å². The third-order valence-electron chi connectivity index (χ3n) is 8.42. The van der Waals surface area contributed by atoms with E-state index in [1.807, 2.05) is 18.2 Å². The van der Waals surface area contributed by atoms with Gasteiger partial charge in [0.05, 0.1) is 5.02 Å². The summed E-state index contributed by atoms with van der Waals surface area (Å²) in [7, 11) is -1.58. The summed E-state index contributed by atoms with van der Waals surface area (Å²) in [5.41, 5.74) is 4.30. The van der Waals surface area contributed by atoms with E-state index in [9.17, 15) is 0 Å². The Kier molecular flexibility index (Phi) is 6.41. The molecule has 1 spiro atoms. The number of allylic oxidation sites excluding steroid dienone is 1. The fraction of sp³-hybridized carbons (Fsp3) is 0.448. The Bertz CT molecular complexity index is 1100. The highest BCUT2D eigenvalue weighted by molar-refractivity contribution is 8.25. The second-order valence-electron chi connectivity index (χ2n) is 10.4. The molecule has 0 atom stereocenters. The topological polar surface area (TPSA) is 6.48 Å². The van der Waals surface area contributed by atoms with Crippen molar-refractivity contribution in [3.8, 4) is 0 Å². The number of rotatable bonds is 5. The van der Waals surface area contributed by atoms with Crippen LogP contribution in [0.15, 0.2) is 65.7 Å². The number of benzene rings is 2. The maximum atomic E-state index is 6.51. The number of nitrogens with zero attached hydrogens (tertiary/aromatic N) is 2. The first-order chi connectivity index (χ1) is 15.9. The molecule has 5 rings (SSSR count). The molecule has 2 aromatic rings. The normalized spacial score (nSPS) is 21.8. The molecule has 0 amide bonds. The van der Waals surface area contributed by atoms with Crippen molar-refractivity contribution in [1.29, 1.82) is 0 Å². The Balaban J connectivity index is 1.25. The molecule has 3 aliphatic rings. The molecular weight excluding hydrogens is 444 g/mol. The van der Waals surface area contributed by atoms with Gasteiger partial charge in [0.1, 0.15) is 0 Å². The smallest absolute Gasteiger partial charge is 0.0544 e. The van der Waals surface area contributed by atoms with Crippen molar-refractivity contribution in [1.82, 2.24) is 4.31 Å². The van der Waals surface area contributed by atoms with Crippen molar-refractivity contribution in [2.75, 3.05) is 24.5 Å². The predicted octanol–water partition coefficient (Wildman–Crippen LogP) is 7.52. The van der Waals surface area contributed by atoms with Crippen LogP contribution in [0.4, 0.5) is 5.69 Å². The van der Waals surface area contributed by atoms with Gasteiger partial charge in [-0.3, -0.25) is 4.31 Å². The number of anilines is 1. The van der Waals surface area contributed by atoms with E-state index in [1.165, 1.54) is 55.5 Å². The minimum atomic E-state index is -1.58. The second kappa shape index (κ2) is 9.17. The minimum Gasteiger partial charge on any atom is -0.345 e. The Hall–Kier alpha value is -1.68. The molecule has 2 saturated heterocycles. The monoisotopic (exact) mass is 480 g/mol. The second-order valence-corrected chi connectivity index (χ2v) is 13.4. The van der Waals surface area contributed by atoms with Crippen molar-refractivity contribution in [3.63, 3.8) is 0 Å². The highest BCUT2D eigenvalue weighted by Gasteiger charge is 2.44. The largest absolute Gasteiger partial charge is 0.345 e. The zero-order chi connectivity index (χ0) is 23.1. The summed E-state index contributed by atoms with van der Waals surface area (Å²) < 4.78 is 2.48. The summed E-state index contributed by atoms with van der Waals surface area (Å²) in [6.07, 6.45) is 10.3. The molecule has 3 fully saturated rings. The Morgan fingerprint density at radius 1 is 0.909 bits per heavy atom. The van der Waals surface area contributed by atoms with Gasteiger partial charge in [-0.25, -0.2) is 0 Å². The van der Waals surface area contributed by atoms with Crippen LogP contribution in [0.25, 0.3) is 0 Å². The van der Waals surface area contributed by atoms with Crippen molar-refractivity contribution in [2.45, 2.75) is 56.3 Å². The van der Waals surface area contributed by atoms with Crippen LogP contribution in [0.1, 0.15) is 50.5 Å². The summed E-state index contributed by atoms with van der Waals surface area (Å²) >= 11 is 6.51. The highest BCUT2D eigenvalue weighted by atomic mass is 35.5. The molecule has 0 radical (unpaired) electrons. The molecule has 4 heteroatoms. The first kappa shape index (κ1) is 23.1. The van der Waals surface area contributed by atoms with E-state index < -0.39 is 9.39 Å². The van der Waals surface area contributed by atoms with Gasteiger partial charge in [-0.05, 0) is 61.4 Å². The molecule has 0 N–H and O–H groups in total. The molecule has 2 aromatic carbocycles. The quantitative estimate of drug-likeness (QED) is 0.408. The number of piperidine rings is 1. The summed E-state index contributed by atoms with van der Waals surface area (Å²) in [6, 6.07) is 17.4. The molecule has 176 valence electrons. The van der Waals surface area contributed by atoms with Gasteiger partial charge in [0.15, 0.2) is 0 Å². The van der Waals surface area contributed by atoms with Crippen molar-refractivity contribution in [3.05, 3.63) is 71.4 Å². The van der Waals surface area contributed by atoms with Crippen LogP contribution in [-0.2, 0) is 6.42 Å². The summed E-state index contributed by atoms with van der Waals surface area (Å²) in [6.45, 7) is 7.68. The number of hydrogen-bond acceptors (Lipinski definition) is 2. The van der Waals surface area contributed by atoms with Crippen LogP contribution < -0.4 is 4.90 Å². The maximum absolute atomic E-state index is 6.51. The van der Waals surface area contributed by atoms with Crippen LogP contribution in [0.3, 0.4) is 0 Å². The third kappa shape index (κ3) is 4.40. The number of halogens is 1. The molecule has 0 unspecified atom stereocenters. The summed E-state index contributed by atoms with van der Waals surface area (Å²) in [5.74, 6) is 9.99. The molecule has 33 heavy (non-hydrogen) atoms. The van der Waals surface area contributed by atoms with Gasteiger partial charge in [0.25, 0.3) is 0 Å². The molecule has 2 aliphatic heterocycles. The van der Waals surface area contributed by atoms with Crippen LogP contribution >= 0.6 is 21.0 Å². The standard InChI is InChI=1S/C29H37ClN2S/c1-23-29(16-19-31(20-17-29)33(2,3)28-11-7-6-10-27(28)30)18-21-32(23)26-14-12-25(13-15-26)22-24-8-4-5-9-24/h6-7,10-15,24H,1-5,8-9,16-22H2. The summed E-state index contributed by atoms with van der Waals surface area (Å²) in [5, 5.41) is 0.783. The lowest BCUT2D eigenvalue weighted by Gasteiger charge is -2.43. The maximum Gasteiger partial charge on any atom is 0.0544 e. The van der Waals surface area contributed by atoms with E-state index in [0.717, 1.165) is 48.3 Å². The van der Waals surface area contributed by atoms with Gasteiger partial charge in [-0.2, -0.15) is 0 Å². The van der Waals surface area contributed by atoms with Crippen LogP contribution in [0.2, 0.25) is 5.02 Å².